The summed E-state index contributed by atoms with van der Waals surface area (Å²) in [6, 6.07) is 10.5. The Morgan fingerprint density at radius 1 is 1.07 bits per heavy atom. The van der Waals surface area contributed by atoms with Gasteiger partial charge in [-0.1, -0.05) is 43.0 Å². The molecule has 0 aliphatic carbocycles. The highest BCUT2D eigenvalue weighted by Crippen LogP contribution is 2.27. The minimum absolute atomic E-state index is 0.0104. The molecule has 0 heterocycles. The van der Waals surface area contributed by atoms with Gasteiger partial charge in [-0.2, -0.15) is 0 Å². The number of hydrogen-bond donors (Lipinski definition) is 1. The first-order valence-corrected chi connectivity index (χ1v) is 6.17. The Balaban J connectivity index is 2.88. The molecule has 0 fully saturated rings. The van der Waals surface area contributed by atoms with Crippen LogP contribution in [-0.2, 0) is 10.0 Å². The second kappa shape index (κ2) is 3.44. The number of benzene rings is 2. The summed E-state index contributed by atoms with van der Waals surface area (Å²) in [5.74, 6) is 0. The van der Waals surface area contributed by atoms with Gasteiger partial charge in [-0.15, -0.1) is 0 Å². The SMILES string of the molecule is NS(=O)(=O)c1ccc2ccccc2c1[S]. The molecule has 3 nitrogen and oxygen atoms in total. The molecule has 0 aliphatic heterocycles. The fraction of sp³-hybridized carbons (Fsp3) is 0. The third kappa shape index (κ3) is 1.81. The maximum Gasteiger partial charge on any atom is 0.239 e. The molecular formula is C10H8NO2S2. The molecule has 0 aliphatic rings. The van der Waals surface area contributed by atoms with Gasteiger partial charge in [0.2, 0.25) is 10.0 Å². The molecule has 0 amide bonds. The maximum atomic E-state index is 11.2. The zero-order valence-corrected chi connectivity index (χ0v) is 9.31. The molecule has 2 aromatic carbocycles. The first-order chi connectivity index (χ1) is 7.00. The summed E-state index contributed by atoms with van der Waals surface area (Å²) in [5.41, 5.74) is 0. The summed E-state index contributed by atoms with van der Waals surface area (Å²) >= 11 is 5.08. The van der Waals surface area contributed by atoms with Crippen molar-refractivity contribution in [3.05, 3.63) is 36.4 Å². The molecule has 77 valence electrons. The van der Waals surface area contributed by atoms with Gasteiger partial charge in [-0.3, -0.25) is 0 Å². The Hall–Kier alpha value is -1.17. The summed E-state index contributed by atoms with van der Waals surface area (Å²) < 4.78 is 22.4. The topological polar surface area (TPSA) is 60.2 Å². The quantitative estimate of drug-likeness (QED) is 0.826. The lowest BCUT2D eigenvalue weighted by atomic mass is 10.1. The van der Waals surface area contributed by atoms with Crippen LogP contribution in [0, 0.1) is 0 Å². The summed E-state index contributed by atoms with van der Waals surface area (Å²) in [5, 5.41) is 6.70. The van der Waals surface area contributed by atoms with Gasteiger partial charge >= 0.3 is 0 Å². The number of sulfonamides is 1. The molecule has 1 radical (unpaired) electrons. The van der Waals surface area contributed by atoms with Crippen LogP contribution in [-0.4, -0.2) is 8.42 Å². The lowest BCUT2D eigenvalue weighted by Gasteiger charge is -2.05. The van der Waals surface area contributed by atoms with Gasteiger partial charge in [-0.25, -0.2) is 13.6 Å². The van der Waals surface area contributed by atoms with Crippen molar-refractivity contribution in [1.29, 1.82) is 0 Å². The van der Waals surface area contributed by atoms with E-state index in [0.717, 1.165) is 10.8 Å². The average molecular weight is 238 g/mol. The molecule has 2 N–H and O–H groups in total. The predicted octanol–water partition coefficient (Wildman–Crippen LogP) is 2.04. The molecule has 0 saturated heterocycles. The van der Waals surface area contributed by atoms with Crippen molar-refractivity contribution in [3.8, 4) is 0 Å². The minimum Gasteiger partial charge on any atom is -0.225 e. The van der Waals surface area contributed by atoms with Crippen LogP contribution >= 0.6 is 12.6 Å². The molecule has 0 unspecified atom stereocenters. The van der Waals surface area contributed by atoms with E-state index in [-0.39, 0.29) is 9.79 Å². The van der Waals surface area contributed by atoms with E-state index in [1.165, 1.54) is 6.07 Å². The zero-order chi connectivity index (χ0) is 11.1. The van der Waals surface area contributed by atoms with Gasteiger partial charge in [0.05, 0.1) is 4.90 Å². The molecule has 0 atom stereocenters. The van der Waals surface area contributed by atoms with Crippen molar-refractivity contribution in [1.82, 2.24) is 0 Å². The second-order valence-corrected chi connectivity index (χ2v) is 5.10. The highest BCUT2D eigenvalue weighted by atomic mass is 32.2. The number of primary sulfonamides is 1. The lowest BCUT2D eigenvalue weighted by Crippen LogP contribution is -2.12. The van der Waals surface area contributed by atoms with Crippen molar-refractivity contribution in [3.63, 3.8) is 0 Å². The number of hydrogen-bond acceptors (Lipinski definition) is 2. The third-order valence-corrected chi connectivity index (χ3v) is 3.67. The predicted molar refractivity (Wildman–Crippen MR) is 61.2 cm³/mol. The molecule has 0 aromatic heterocycles. The largest absolute Gasteiger partial charge is 0.239 e. The smallest absolute Gasteiger partial charge is 0.225 e. The highest BCUT2D eigenvalue weighted by molar-refractivity contribution is 7.90. The van der Waals surface area contributed by atoms with Gasteiger partial charge in [0.15, 0.2) is 0 Å². The van der Waals surface area contributed by atoms with Crippen LogP contribution in [0.5, 0.6) is 0 Å². The van der Waals surface area contributed by atoms with Crippen molar-refractivity contribution >= 4 is 33.4 Å². The van der Waals surface area contributed by atoms with E-state index < -0.39 is 10.0 Å². The second-order valence-electron chi connectivity index (χ2n) is 3.16. The van der Waals surface area contributed by atoms with Crippen LogP contribution in [0.4, 0.5) is 0 Å². The van der Waals surface area contributed by atoms with E-state index in [2.05, 4.69) is 0 Å². The van der Waals surface area contributed by atoms with Crippen LogP contribution in [0.25, 0.3) is 10.8 Å². The van der Waals surface area contributed by atoms with Crippen molar-refractivity contribution in [2.75, 3.05) is 0 Å². The molecule has 0 spiro atoms. The minimum atomic E-state index is -3.73. The molecule has 0 saturated carbocycles. The van der Waals surface area contributed by atoms with Gasteiger partial charge in [0.25, 0.3) is 0 Å². The van der Waals surface area contributed by atoms with Gasteiger partial charge in [-0.05, 0) is 11.5 Å². The van der Waals surface area contributed by atoms with E-state index in [1.807, 2.05) is 18.2 Å². The van der Waals surface area contributed by atoms with Crippen molar-refractivity contribution in [2.45, 2.75) is 9.79 Å². The Kier molecular flexibility index (Phi) is 2.38. The van der Waals surface area contributed by atoms with Crippen molar-refractivity contribution < 1.29 is 8.42 Å². The van der Waals surface area contributed by atoms with Gasteiger partial charge < -0.3 is 0 Å². The van der Waals surface area contributed by atoms with E-state index in [0.29, 0.717) is 0 Å². The first-order valence-electron chi connectivity index (χ1n) is 4.22. The Morgan fingerprint density at radius 2 is 1.73 bits per heavy atom. The number of rotatable bonds is 1. The van der Waals surface area contributed by atoms with E-state index in [1.54, 1.807) is 12.1 Å². The summed E-state index contributed by atoms with van der Waals surface area (Å²) in [4.78, 5) is 0.298. The summed E-state index contributed by atoms with van der Waals surface area (Å²) in [7, 11) is -3.73. The van der Waals surface area contributed by atoms with Crippen LogP contribution in [0.15, 0.2) is 46.2 Å². The fourth-order valence-corrected chi connectivity index (χ4v) is 2.68. The molecule has 0 bridgehead atoms. The standard InChI is InChI=1S/C10H8NO2S2/c11-15(12,13)9-6-5-7-3-1-2-4-8(7)10(9)14/h1-6H,(H2,11,12,13). The third-order valence-electron chi connectivity index (χ3n) is 2.15. The van der Waals surface area contributed by atoms with E-state index in [9.17, 15) is 8.42 Å². The van der Waals surface area contributed by atoms with Crippen LogP contribution < -0.4 is 5.14 Å². The first kappa shape index (κ1) is 10.4. The molecule has 2 aromatic rings. The van der Waals surface area contributed by atoms with Crippen LogP contribution in [0.1, 0.15) is 0 Å². The number of nitrogens with two attached hydrogens (primary N) is 1. The maximum absolute atomic E-state index is 11.2. The summed E-state index contributed by atoms with van der Waals surface area (Å²) in [6.07, 6.45) is 0. The normalized spacial score (nSPS) is 11.8. The zero-order valence-electron chi connectivity index (χ0n) is 7.67. The molecule has 15 heavy (non-hydrogen) atoms. The van der Waals surface area contributed by atoms with E-state index in [4.69, 9.17) is 17.8 Å². The van der Waals surface area contributed by atoms with Gasteiger partial charge in [0.1, 0.15) is 4.90 Å². The number of fused-ring (bicyclic) bond motifs is 1. The summed E-state index contributed by atoms with van der Waals surface area (Å²) in [6.45, 7) is 0. The van der Waals surface area contributed by atoms with Crippen LogP contribution in [0.2, 0.25) is 0 Å². The lowest BCUT2D eigenvalue weighted by molar-refractivity contribution is 0.596. The monoisotopic (exact) mass is 238 g/mol. The molecule has 5 heteroatoms. The highest BCUT2D eigenvalue weighted by Gasteiger charge is 2.14. The fourth-order valence-electron chi connectivity index (χ4n) is 1.45. The Bertz CT molecular complexity index is 620. The van der Waals surface area contributed by atoms with Crippen LogP contribution in [0.3, 0.4) is 0 Å². The molecule has 2 rings (SSSR count). The Morgan fingerprint density at radius 3 is 2.40 bits per heavy atom. The average Bonchev–Trinajstić information content (AvgIpc) is 2.16. The Labute approximate surface area is 93.4 Å². The molecular weight excluding hydrogens is 230 g/mol. The van der Waals surface area contributed by atoms with E-state index >= 15 is 0 Å². The van der Waals surface area contributed by atoms with Gasteiger partial charge in [0, 0.05) is 5.39 Å². The van der Waals surface area contributed by atoms with Crippen molar-refractivity contribution in [2.24, 2.45) is 5.14 Å².